The summed E-state index contributed by atoms with van der Waals surface area (Å²) in [5.41, 5.74) is -1.08. The van der Waals surface area contributed by atoms with Crippen molar-refractivity contribution in [2.45, 2.75) is 6.18 Å². The standard InChI is InChI=1S/C14H10F3N3O/c1-3-10-6-4-5-7-11(10)19(2)20-9-18-12(8-13(20)21)14(15,16)17/h1,4-9H,2H3. The van der Waals surface area contributed by atoms with Gasteiger partial charge in [-0.2, -0.15) is 13.2 Å². The number of halogens is 3. The monoisotopic (exact) mass is 293 g/mol. The number of alkyl halides is 3. The van der Waals surface area contributed by atoms with Gasteiger partial charge in [-0.05, 0) is 12.1 Å². The van der Waals surface area contributed by atoms with Crippen molar-refractivity contribution in [1.29, 1.82) is 0 Å². The lowest BCUT2D eigenvalue weighted by Gasteiger charge is -2.22. The van der Waals surface area contributed by atoms with Gasteiger partial charge in [0.15, 0.2) is 5.69 Å². The van der Waals surface area contributed by atoms with E-state index in [1.165, 1.54) is 12.1 Å². The van der Waals surface area contributed by atoms with E-state index < -0.39 is 17.4 Å². The molecular weight excluding hydrogens is 283 g/mol. The molecule has 0 radical (unpaired) electrons. The van der Waals surface area contributed by atoms with Gasteiger partial charge < -0.3 is 0 Å². The molecule has 0 aliphatic rings. The van der Waals surface area contributed by atoms with Crippen LogP contribution in [-0.2, 0) is 6.18 Å². The number of hydrogen-bond acceptors (Lipinski definition) is 3. The number of benzene rings is 1. The second-order valence-corrected chi connectivity index (χ2v) is 4.14. The lowest BCUT2D eigenvalue weighted by atomic mass is 10.2. The fourth-order valence-electron chi connectivity index (χ4n) is 1.77. The molecule has 0 saturated heterocycles. The number of rotatable bonds is 2. The third-order valence-corrected chi connectivity index (χ3v) is 2.81. The summed E-state index contributed by atoms with van der Waals surface area (Å²) in [5.74, 6) is 2.44. The molecule has 108 valence electrons. The molecule has 0 saturated carbocycles. The highest BCUT2D eigenvalue weighted by Crippen LogP contribution is 2.26. The molecule has 0 atom stereocenters. The first-order valence-electron chi connectivity index (χ1n) is 5.80. The third kappa shape index (κ3) is 2.89. The van der Waals surface area contributed by atoms with Crippen molar-refractivity contribution in [3.63, 3.8) is 0 Å². The fraction of sp³-hybridized carbons (Fsp3) is 0.143. The normalized spacial score (nSPS) is 11.0. The lowest BCUT2D eigenvalue weighted by molar-refractivity contribution is -0.141. The van der Waals surface area contributed by atoms with E-state index in [4.69, 9.17) is 6.42 Å². The SMILES string of the molecule is C#Cc1ccccc1N(C)n1cnc(C(F)(F)F)cc1=O. The van der Waals surface area contributed by atoms with Crippen molar-refractivity contribution in [3.05, 3.63) is 58.3 Å². The van der Waals surface area contributed by atoms with Crippen molar-refractivity contribution >= 4 is 5.69 Å². The van der Waals surface area contributed by atoms with E-state index in [0.29, 0.717) is 17.3 Å². The maximum atomic E-state index is 12.5. The molecule has 7 heteroatoms. The van der Waals surface area contributed by atoms with Crippen LogP contribution in [0.1, 0.15) is 11.3 Å². The maximum absolute atomic E-state index is 12.5. The van der Waals surface area contributed by atoms with E-state index in [1.807, 2.05) is 0 Å². The van der Waals surface area contributed by atoms with Crippen molar-refractivity contribution in [3.8, 4) is 12.3 Å². The molecular formula is C14H10F3N3O. The van der Waals surface area contributed by atoms with Crippen LogP contribution in [0, 0.1) is 12.3 Å². The molecule has 0 fully saturated rings. The van der Waals surface area contributed by atoms with Crippen LogP contribution in [0.25, 0.3) is 0 Å². The predicted molar refractivity (Wildman–Crippen MR) is 71.7 cm³/mol. The largest absolute Gasteiger partial charge is 0.433 e. The summed E-state index contributed by atoms with van der Waals surface area (Å²) < 4.78 is 38.4. The molecule has 1 heterocycles. The first-order chi connectivity index (χ1) is 9.84. The summed E-state index contributed by atoms with van der Waals surface area (Å²) in [6.07, 6.45) is 1.52. The minimum atomic E-state index is -4.66. The van der Waals surface area contributed by atoms with E-state index in [-0.39, 0.29) is 0 Å². The molecule has 0 aliphatic heterocycles. The highest BCUT2D eigenvalue weighted by atomic mass is 19.4. The molecule has 4 nitrogen and oxygen atoms in total. The first-order valence-corrected chi connectivity index (χ1v) is 5.80. The van der Waals surface area contributed by atoms with Crippen LogP contribution < -0.4 is 10.6 Å². The maximum Gasteiger partial charge on any atom is 0.433 e. The van der Waals surface area contributed by atoms with Crippen LogP contribution in [0.5, 0.6) is 0 Å². The summed E-state index contributed by atoms with van der Waals surface area (Å²) in [7, 11) is 1.51. The second-order valence-electron chi connectivity index (χ2n) is 4.14. The molecule has 1 aromatic carbocycles. The Morgan fingerprint density at radius 1 is 1.33 bits per heavy atom. The molecule has 0 bridgehead atoms. The Labute approximate surface area is 118 Å². The Balaban J connectivity index is 2.48. The van der Waals surface area contributed by atoms with Gasteiger partial charge in [-0.15, -0.1) is 6.42 Å². The van der Waals surface area contributed by atoms with Crippen LogP contribution in [0.3, 0.4) is 0 Å². The number of terminal acetylenes is 1. The number of nitrogens with zero attached hydrogens (tertiary/aromatic N) is 3. The number of anilines is 1. The zero-order valence-corrected chi connectivity index (χ0v) is 10.9. The van der Waals surface area contributed by atoms with Gasteiger partial charge in [0.1, 0.15) is 6.33 Å². The number of para-hydroxylation sites is 1. The van der Waals surface area contributed by atoms with Crippen molar-refractivity contribution < 1.29 is 13.2 Å². The minimum absolute atomic E-state index is 0.439. The van der Waals surface area contributed by atoms with Crippen molar-refractivity contribution in [1.82, 2.24) is 9.66 Å². The Hall–Kier alpha value is -2.75. The van der Waals surface area contributed by atoms with E-state index in [0.717, 1.165) is 11.0 Å². The average molecular weight is 293 g/mol. The van der Waals surface area contributed by atoms with Gasteiger partial charge in [0.05, 0.1) is 5.69 Å². The third-order valence-electron chi connectivity index (χ3n) is 2.81. The summed E-state index contributed by atoms with van der Waals surface area (Å²) in [4.78, 5) is 15.1. The van der Waals surface area contributed by atoms with Crippen LogP contribution in [0.15, 0.2) is 41.5 Å². The number of aromatic nitrogens is 2. The van der Waals surface area contributed by atoms with Gasteiger partial charge in [-0.25, -0.2) is 9.66 Å². The van der Waals surface area contributed by atoms with E-state index in [1.54, 1.807) is 24.3 Å². The highest BCUT2D eigenvalue weighted by molar-refractivity contribution is 5.59. The van der Waals surface area contributed by atoms with Crippen LogP contribution in [0.2, 0.25) is 0 Å². The lowest BCUT2D eigenvalue weighted by Crippen LogP contribution is -2.36. The average Bonchev–Trinajstić information content (AvgIpc) is 2.45. The van der Waals surface area contributed by atoms with E-state index in [9.17, 15) is 18.0 Å². The molecule has 1 aromatic heterocycles. The molecule has 2 rings (SSSR count). The quantitative estimate of drug-likeness (QED) is 0.796. The number of hydrogen-bond donors (Lipinski definition) is 0. The van der Waals surface area contributed by atoms with Gasteiger partial charge in [0.2, 0.25) is 0 Å². The van der Waals surface area contributed by atoms with Crippen LogP contribution >= 0.6 is 0 Å². The summed E-state index contributed by atoms with van der Waals surface area (Å²) in [6.45, 7) is 0. The molecule has 0 amide bonds. The molecule has 21 heavy (non-hydrogen) atoms. The molecule has 0 spiro atoms. The zero-order valence-electron chi connectivity index (χ0n) is 10.9. The molecule has 0 aliphatic carbocycles. The molecule has 2 aromatic rings. The summed E-state index contributed by atoms with van der Waals surface area (Å²) >= 11 is 0. The van der Waals surface area contributed by atoms with E-state index in [2.05, 4.69) is 10.9 Å². The molecule has 0 N–H and O–H groups in total. The summed E-state index contributed by atoms with van der Waals surface area (Å²) in [6, 6.07) is 7.18. The van der Waals surface area contributed by atoms with E-state index >= 15 is 0 Å². The molecule has 0 unspecified atom stereocenters. The Kier molecular flexibility index (Phi) is 3.72. The van der Waals surface area contributed by atoms with Gasteiger partial charge in [-0.1, -0.05) is 18.1 Å². The van der Waals surface area contributed by atoms with Gasteiger partial charge in [0, 0.05) is 18.7 Å². The van der Waals surface area contributed by atoms with Gasteiger partial charge >= 0.3 is 6.18 Å². The first kappa shape index (κ1) is 14.7. The minimum Gasteiger partial charge on any atom is -0.279 e. The van der Waals surface area contributed by atoms with Crippen molar-refractivity contribution in [2.75, 3.05) is 12.1 Å². The highest BCUT2D eigenvalue weighted by Gasteiger charge is 2.33. The van der Waals surface area contributed by atoms with Crippen molar-refractivity contribution in [2.24, 2.45) is 0 Å². The second kappa shape index (κ2) is 5.32. The van der Waals surface area contributed by atoms with Gasteiger partial charge in [0.25, 0.3) is 5.56 Å². The summed E-state index contributed by atoms with van der Waals surface area (Å²) in [5, 5.41) is 1.34. The Bertz CT molecular complexity index is 759. The van der Waals surface area contributed by atoms with Crippen LogP contribution in [0.4, 0.5) is 18.9 Å². The Morgan fingerprint density at radius 3 is 2.57 bits per heavy atom. The predicted octanol–water partition coefficient (Wildman–Crippen LogP) is 2.14. The zero-order chi connectivity index (χ0) is 15.6. The smallest absolute Gasteiger partial charge is 0.279 e. The fourth-order valence-corrected chi connectivity index (χ4v) is 1.77. The Morgan fingerprint density at radius 2 is 2.00 bits per heavy atom. The van der Waals surface area contributed by atoms with Gasteiger partial charge in [-0.3, -0.25) is 9.80 Å². The topological polar surface area (TPSA) is 38.1 Å². The van der Waals surface area contributed by atoms with Crippen LogP contribution in [-0.4, -0.2) is 16.7 Å².